The van der Waals surface area contributed by atoms with Crippen molar-refractivity contribution in [1.29, 1.82) is 0 Å². The Bertz CT molecular complexity index is 997. The second kappa shape index (κ2) is 7.79. The van der Waals surface area contributed by atoms with Gasteiger partial charge in [-0.25, -0.2) is 15.0 Å². The van der Waals surface area contributed by atoms with Crippen molar-refractivity contribution >= 4 is 28.6 Å². The first-order valence-electron chi connectivity index (χ1n) is 10.2. The summed E-state index contributed by atoms with van der Waals surface area (Å²) in [6, 6.07) is 10.0. The van der Waals surface area contributed by atoms with Crippen molar-refractivity contribution < 1.29 is 4.74 Å². The van der Waals surface area contributed by atoms with Gasteiger partial charge in [-0.3, -0.25) is 0 Å². The van der Waals surface area contributed by atoms with Crippen LogP contribution in [0.3, 0.4) is 0 Å². The van der Waals surface area contributed by atoms with Gasteiger partial charge >= 0.3 is 0 Å². The van der Waals surface area contributed by atoms with Crippen molar-refractivity contribution in [2.45, 2.75) is 6.92 Å². The van der Waals surface area contributed by atoms with Crippen molar-refractivity contribution in [3.05, 3.63) is 42.2 Å². The number of hydrogen-bond acceptors (Lipinski definition) is 8. The molecule has 8 heteroatoms. The fourth-order valence-electron chi connectivity index (χ4n) is 3.96. The number of para-hydroxylation sites is 2. The zero-order valence-electron chi connectivity index (χ0n) is 16.7. The average molecular weight is 391 g/mol. The maximum absolute atomic E-state index is 5.45. The van der Waals surface area contributed by atoms with Crippen LogP contribution in [0.4, 0.5) is 17.6 Å². The van der Waals surface area contributed by atoms with E-state index in [0.717, 1.165) is 86.8 Å². The molecule has 4 heterocycles. The van der Waals surface area contributed by atoms with Crippen LogP contribution in [0, 0.1) is 6.92 Å². The molecule has 8 nitrogen and oxygen atoms in total. The number of fused-ring (bicyclic) bond motifs is 1. The number of hydrogen-bond donors (Lipinski definition) is 0. The molecule has 2 aliphatic heterocycles. The molecule has 150 valence electrons. The van der Waals surface area contributed by atoms with Gasteiger partial charge in [-0.1, -0.05) is 12.1 Å². The van der Waals surface area contributed by atoms with E-state index in [-0.39, 0.29) is 0 Å². The lowest BCUT2D eigenvalue weighted by Gasteiger charge is -2.36. The molecule has 0 atom stereocenters. The number of anilines is 3. The molecule has 0 amide bonds. The van der Waals surface area contributed by atoms with Gasteiger partial charge in [-0.05, 0) is 25.1 Å². The van der Waals surface area contributed by atoms with E-state index in [9.17, 15) is 0 Å². The predicted octanol–water partition coefficient (Wildman–Crippen LogP) is 1.89. The molecule has 2 aromatic heterocycles. The highest BCUT2D eigenvalue weighted by Crippen LogP contribution is 2.23. The van der Waals surface area contributed by atoms with Crippen molar-refractivity contribution in [2.24, 2.45) is 0 Å². The van der Waals surface area contributed by atoms with Crippen molar-refractivity contribution in [3.63, 3.8) is 0 Å². The molecule has 2 saturated heterocycles. The van der Waals surface area contributed by atoms with Crippen LogP contribution in [0.25, 0.3) is 11.0 Å². The summed E-state index contributed by atoms with van der Waals surface area (Å²) in [6.07, 6.45) is 1.86. The molecule has 29 heavy (non-hydrogen) atoms. The molecule has 2 aliphatic rings. The smallest absolute Gasteiger partial charge is 0.227 e. The van der Waals surface area contributed by atoms with E-state index in [4.69, 9.17) is 19.7 Å². The minimum Gasteiger partial charge on any atom is -0.378 e. The van der Waals surface area contributed by atoms with Gasteiger partial charge in [-0.15, -0.1) is 0 Å². The van der Waals surface area contributed by atoms with Crippen LogP contribution in [0.5, 0.6) is 0 Å². The van der Waals surface area contributed by atoms with E-state index in [0.29, 0.717) is 0 Å². The standard InChI is InChI=1S/C21H25N7O/c1-16-20(24-18-5-3-2-4-17(18)23-16)27-8-10-28(11-9-27)21-22-7-6-19(25-21)26-12-14-29-15-13-26/h2-7H,8-15H2,1H3. The van der Waals surface area contributed by atoms with Gasteiger partial charge in [0.05, 0.1) is 29.9 Å². The zero-order valence-corrected chi connectivity index (χ0v) is 16.7. The first-order valence-corrected chi connectivity index (χ1v) is 10.2. The number of aromatic nitrogens is 4. The van der Waals surface area contributed by atoms with E-state index >= 15 is 0 Å². The van der Waals surface area contributed by atoms with Crippen LogP contribution < -0.4 is 14.7 Å². The first kappa shape index (κ1) is 18.1. The van der Waals surface area contributed by atoms with Gasteiger partial charge < -0.3 is 19.4 Å². The highest BCUT2D eigenvalue weighted by Gasteiger charge is 2.23. The molecule has 5 rings (SSSR count). The maximum Gasteiger partial charge on any atom is 0.227 e. The lowest BCUT2D eigenvalue weighted by Crippen LogP contribution is -2.47. The number of aryl methyl sites for hydroxylation is 1. The summed E-state index contributed by atoms with van der Waals surface area (Å²) >= 11 is 0. The van der Waals surface area contributed by atoms with Gasteiger partial charge in [0.2, 0.25) is 5.95 Å². The monoisotopic (exact) mass is 391 g/mol. The molecule has 0 spiro atoms. The Morgan fingerprint density at radius 1 is 0.759 bits per heavy atom. The van der Waals surface area contributed by atoms with Crippen LogP contribution >= 0.6 is 0 Å². The van der Waals surface area contributed by atoms with Crippen LogP contribution in [0.2, 0.25) is 0 Å². The molecule has 2 fully saturated rings. The summed E-state index contributed by atoms with van der Waals surface area (Å²) in [6.45, 7) is 8.78. The SMILES string of the molecule is Cc1nc2ccccc2nc1N1CCN(c2nccc(N3CCOCC3)n2)CC1. The molecule has 0 unspecified atom stereocenters. The van der Waals surface area contributed by atoms with Crippen LogP contribution in [0.1, 0.15) is 5.69 Å². The summed E-state index contributed by atoms with van der Waals surface area (Å²) in [4.78, 5) is 25.8. The van der Waals surface area contributed by atoms with Gasteiger partial charge in [-0.2, -0.15) is 4.98 Å². The number of piperazine rings is 1. The largest absolute Gasteiger partial charge is 0.378 e. The van der Waals surface area contributed by atoms with Crippen molar-refractivity contribution in [2.75, 3.05) is 67.2 Å². The Labute approximate surface area is 170 Å². The predicted molar refractivity (Wildman–Crippen MR) is 114 cm³/mol. The number of benzene rings is 1. The topological polar surface area (TPSA) is 70.5 Å². The second-order valence-electron chi connectivity index (χ2n) is 7.41. The van der Waals surface area contributed by atoms with Gasteiger partial charge in [0, 0.05) is 45.5 Å². The minimum absolute atomic E-state index is 0.754. The Hall–Kier alpha value is -3.00. The molecule has 0 bridgehead atoms. The molecule has 0 saturated carbocycles. The Balaban J connectivity index is 1.30. The molecule has 0 radical (unpaired) electrons. The summed E-state index contributed by atoms with van der Waals surface area (Å²) < 4.78 is 5.45. The third-order valence-electron chi connectivity index (χ3n) is 5.55. The van der Waals surface area contributed by atoms with Crippen LogP contribution in [-0.2, 0) is 4.74 Å². The number of nitrogens with zero attached hydrogens (tertiary/aromatic N) is 7. The highest BCUT2D eigenvalue weighted by molar-refractivity contribution is 5.76. The van der Waals surface area contributed by atoms with E-state index in [1.54, 1.807) is 0 Å². The van der Waals surface area contributed by atoms with E-state index < -0.39 is 0 Å². The normalized spacial score (nSPS) is 17.8. The first-order chi connectivity index (χ1) is 14.3. The van der Waals surface area contributed by atoms with Crippen molar-refractivity contribution in [3.8, 4) is 0 Å². The molecular formula is C21H25N7O. The minimum atomic E-state index is 0.754. The van der Waals surface area contributed by atoms with E-state index in [2.05, 4.69) is 19.7 Å². The molecule has 1 aromatic carbocycles. The van der Waals surface area contributed by atoms with E-state index in [1.807, 2.05) is 43.5 Å². The lowest BCUT2D eigenvalue weighted by molar-refractivity contribution is 0.122. The number of morpholine rings is 1. The van der Waals surface area contributed by atoms with E-state index in [1.165, 1.54) is 0 Å². The van der Waals surface area contributed by atoms with Crippen LogP contribution in [-0.4, -0.2) is 72.4 Å². The maximum atomic E-state index is 5.45. The molecular weight excluding hydrogens is 366 g/mol. The Kier molecular flexibility index (Phi) is 4.85. The Morgan fingerprint density at radius 2 is 1.45 bits per heavy atom. The summed E-state index contributed by atoms with van der Waals surface area (Å²) in [7, 11) is 0. The molecule has 3 aromatic rings. The fraction of sp³-hybridized carbons (Fsp3) is 0.429. The van der Waals surface area contributed by atoms with Gasteiger partial charge in [0.1, 0.15) is 5.82 Å². The summed E-state index contributed by atoms with van der Waals surface area (Å²) in [5, 5.41) is 0. The number of rotatable bonds is 3. The average Bonchev–Trinajstić information content (AvgIpc) is 2.79. The zero-order chi connectivity index (χ0) is 19.6. The fourth-order valence-corrected chi connectivity index (χ4v) is 3.96. The number of ether oxygens (including phenoxy) is 1. The third-order valence-corrected chi connectivity index (χ3v) is 5.55. The third kappa shape index (κ3) is 3.67. The van der Waals surface area contributed by atoms with Gasteiger partial charge in [0.25, 0.3) is 0 Å². The Morgan fingerprint density at radius 3 is 2.21 bits per heavy atom. The summed E-state index contributed by atoms with van der Waals surface area (Å²) in [5.74, 6) is 2.76. The quantitative estimate of drug-likeness (QED) is 0.670. The molecule has 0 aliphatic carbocycles. The molecule has 0 N–H and O–H groups in total. The lowest BCUT2D eigenvalue weighted by atomic mass is 10.2. The summed E-state index contributed by atoms with van der Waals surface area (Å²) in [5.41, 5.74) is 2.86. The van der Waals surface area contributed by atoms with Crippen LogP contribution in [0.15, 0.2) is 36.5 Å². The second-order valence-corrected chi connectivity index (χ2v) is 7.41. The highest BCUT2D eigenvalue weighted by atomic mass is 16.5. The van der Waals surface area contributed by atoms with Gasteiger partial charge in [0.15, 0.2) is 5.82 Å². The van der Waals surface area contributed by atoms with Crippen molar-refractivity contribution in [1.82, 2.24) is 19.9 Å².